The van der Waals surface area contributed by atoms with E-state index in [0.29, 0.717) is 24.9 Å². The molecule has 0 heterocycles. The van der Waals surface area contributed by atoms with E-state index in [9.17, 15) is 137 Å². The summed E-state index contributed by atoms with van der Waals surface area (Å²) in [7, 11) is 0. The summed E-state index contributed by atoms with van der Waals surface area (Å²) in [6, 6.07) is -18.6. The Morgan fingerprint density at radius 1 is 0.344 bits per heavy atom. The van der Waals surface area contributed by atoms with E-state index in [-0.39, 0.29) is 63.8 Å². The smallest absolute Gasteiger partial charge is 0.326 e. The molecule has 48 heteroatoms. The number of nitrogens with two attached hydrogens (primary N) is 5. The fourth-order valence-corrected chi connectivity index (χ4v) is 11.5. The van der Waals surface area contributed by atoms with E-state index in [1.807, 2.05) is 10.6 Å². The van der Waals surface area contributed by atoms with Crippen LogP contribution in [-0.2, 0) is 102 Å². The number of carbonyl (C=O) groups excluding carboxylic acids is 17. The third-order valence-electron chi connectivity index (χ3n) is 17.9. The highest BCUT2D eigenvalue weighted by molar-refractivity contribution is 6.02. The molecule has 0 aliphatic rings. The van der Waals surface area contributed by atoms with E-state index >= 15 is 0 Å². The summed E-state index contributed by atoms with van der Waals surface area (Å²) in [5.41, 5.74) is 28.0. The molecule has 0 bridgehead atoms. The number of carbonyl (C=O) groups is 20. The number of benzene rings is 1. The van der Waals surface area contributed by atoms with Crippen LogP contribution in [0.2, 0.25) is 0 Å². The lowest BCUT2D eigenvalue weighted by Crippen LogP contribution is -2.62. The largest absolute Gasteiger partial charge is 0.481 e. The first-order chi connectivity index (χ1) is 57.3. The molecule has 0 fully saturated rings. The second-order valence-corrected chi connectivity index (χ2v) is 30.0. The van der Waals surface area contributed by atoms with Gasteiger partial charge in [-0.2, -0.15) is 0 Å². The van der Waals surface area contributed by atoms with Gasteiger partial charge in [0.2, 0.25) is 100 Å². The fourth-order valence-electron chi connectivity index (χ4n) is 11.5. The molecule has 0 aliphatic heterocycles. The van der Waals surface area contributed by atoms with Crippen molar-refractivity contribution in [2.45, 2.75) is 242 Å². The van der Waals surface area contributed by atoms with Crippen LogP contribution in [0.25, 0.3) is 0 Å². The number of aliphatic hydroxyl groups excluding tert-OH is 5. The molecule has 1 rings (SSSR count). The van der Waals surface area contributed by atoms with Crippen LogP contribution in [0.1, 0.15) is 144 Å². The fraction of sp³-hybridized carbons (Fsp3) is 0.649. The Balaban J connectivity index is 3.45. The third-order valence-corrected chi connectivity index (χ3v) is 17.9. The first-order valence-electron chi connectivity index (χ1n) is 39.3. The predicted octanol–water partition coefficient (Wildman–Crippen LogP) is -11.6. The number of hydrogen-bond donors (Lipinski definition) is 28. The van der Waals surface area contributed by atoms with E-state index in [2.05, 4.69) is 69.1 Å². The van der Waals surface area contributed by atoms with Gasteiger partial charge in [0.25, 0.3) is 0 Å². The number of amides is 17. The van der Waals surface area contributed by atoms with E-state index < -0.39 is 292 Å². The van der Waals surface area contributed by atoms with Crippen LogP contribution < -0.4 is 108 Å². The number of aliphatic carboxylic acids is 3. The van der Waals surface area contributed by atoms with Gasteiger partial charge in [-0.3, -0.25) is 91.1 Å². The number of hydrogen-bond acceptors (Lipinski definition) is 28. The topological polar surface area (TPSA) is 814 Å². The lowest BCUT2D eigenvalue weighted by Gasteiger charge is -2.28. The van der Waals surface area contributed by atoms with Crippen molar-refractivity contribution in [1.82, 2.24) is 79.8 Å². The Labute approximate surface area is 702 Å². The van der Waals surface area contributed by atoms with Gasteiger partial charge in [-0.1, -0.05) is 78.3 Å². The Hall–Kier alpha value is -11.7. The molecule has 17 amide bonds. The maximum atomic E-state index is 14.2. The van der Waals surface area contributed by atoms with Gasteiger partial charge in [-0.05, 0) is 101 Å². The molecule has 0 radical (unpaired) electrons. The molecule has 122 heavy (non-hydrogen) atoms. The molecular weight excluding hydrogens is 1620 g/mol. The Bertz CT molecular complexity index is 3710. The van der Waals surface area contributed by atoms with E-state index in [1.54, 1.807) is 71.9 Å². The SMILES string of the molecule is CC(C)C[C@H](NC(=O)[C@H](Cc1ccccc1)NC(=O)[C@@H](NC(=O)[C@H](CCCCN)NC(=O)CNC(=O)[C@H](CC(=O)O)NC(=O)[C@H](CO)NC(=O)[C@H](CC(=O)O)NC(=O)[C@H](CC(C)C)NC(=O)[C@H](CC(C)C)NC(=O)[C@H](CO)NC(=O)[C@H](CCC(N)=O)NC(=O)[C@H](CO)NC(=O)[C@H](CO)NC(=O)[C@@H](N)CCCCN)[C@@H](C)O)C(=O)N[C@@H](CC(N)=O)C(=O)O. The van der Waals surface area contributed by atoms with Crippen LogP contribution >= 0.6 is 0 Å². The molecule has 48 nitrogen and oxygen atoms in total. The summed E-state index contributed by atoms with van der Waals surface area (Å²) in [5.74, 6) is -26.5. The quantitative estimate of drug-likeness (QED) is 0.0269. The van der Waals surface area contributed by atoms with Crippen LogP contribution in [0.5, 0.6) is 0 Å². The van der Waals surface area contributed by atoms with Crippen LogP contribution in [-0.4, -0.2) is 302 Å². The Morgan fingerprint density at radius 2 is 0.672 bits per heavy atom. The average molecular weight is 1740 g/mol. The summed E-state index contributed by atoms with van der Waals surface area (Å²) in [5, 5.41) is 114. The minimum absolute atomic E-state index is 0.0837. The summed E-state index contributed by atoms with van der Waals surface area (Å²) in [6.07, 6.45) is -5.76. The van der Waals surface area contributed by atoms with Crippen LogP contribution in [0.3, 0.4) is 0 Å². The monoisotopic (exact) mass is 1740 g/mol. The molecule has 16 atom stereocenters. The van der Waals surface area contributed by atoms with Gasteiger partial charge in [-0.15, -0.1) is 0 Å². The Kier molecular flexibility index (Phi) is 50.4. The van der Waals surface area contributed by atoms with Crippen molar-refractivity contribution in [1.29, 1.82) is 0 Å². The second kappa shape index (κ2) is 56.7. The summed E-state index contributed by atoms with van der Waals surface area (Å²) in [6.45, 7) is 5.42. The molecule has 0 aliphatic carbocycles. The molecule has 1 aromatic carbocycles. The highest BCUT2D eigenvalue weighted by Gasteiger charge is 2.40. The zero-order chi connectivity index (χ0) is 92.8. The van der Waals surface area contributed by atoms with Crippen molar-refractivity contribution < 1.29 is 137 Å². The lowest BCUT2D eigenvalue weighted by molar-refractivity contribution is -0.144. The molecule has 686 valence electrons. The van der Waals surface area contributed by atoms with Gasteiger partial charge in [0.05, 0.1) is 64.4 Å². The minimum Gasteiger partial charge on any atom is -0.481 e. The number of unbranched alkanes of at least 4 members (excludes halogenated alkanes) is 2. The van der Waals surface area contributed by atoms with Gasteiger partial charge in [-0.25, -0.2) is 4.79 Å². The minimum atomic E-state index is -2.18. The molecule has 0 aromatic heterocycles. The maximum Gasteiger partial charge on any atom is 0.326 e. The zero-order valence-corrected chi connectivity index (χ0v) is 69.0. The highest BCUT2D eigenvalue weighted by atomic mass is 16.4. The van der Waals surface area contributed by atoms with Gasteiger partial charge in [0.15, 0.2) is 0 Å². The van der Waals surface area contributed by atoms with Gasteiger partial charge in [0.1, 0.15) is 84.6 Å². The molecule has 0 unspecified atom stereocenters. The summed E-state index contributed by atoms with van der Waals surface area (Å²) >= 11 is 0. The van der Waals surface area contributed by atoms with E-state index in [0.717, 1.165) is 6.92 Å². The standard InChI is InChI=1S/C74H122N20O28/c1-35(2)23-43(83-64(111)44(24-36(3)4)85-70(117)52(33-97)91-62(109)42(19-20-54(78)100)82-69(116)51(32-96)93-72(119)50(31-95)90-60(107)40(77)17-11-13-21-75)65(112)87-48(29-58(105)106)68(115)92-53(34-98)71(118)86-47(28-57(103)104)61(108)80-30-56(102)81-41(18-12-14-22-76)63(110)94-59(38(7)99)73(120)88-46(26-39-15-9-8-10-16-39)67(114)84-45(25-37(5)6)66(113)89-49(74(121)122)27-55(79)101/h8-10,15-16,35-38,40-53,59,95-99H,11-14,17-34,75-77H2,1-7H3,(H2,78,100)(H2,79,101)(H,80,108)(H,81,102)(H,82,116)(H,83,111)(H,84,114)(H,85,117)(H,86,118)(H,87,112)(H,88,120)(H,89,113)(H,90,107)(H,91,109)(H,92,115)(H,93,119)(H,94,110)(H,103,104)(H,105,106)(H,121,122)/t38-,40+,41+,42+,43+,44+,45+,46+,47+,48+,49+,50+,51+,52+,53+,59+/m1/s1. The van der Waals surface area contributed by atoms with Crippen LogP contribution in [0.15, 0.2) is 30.3 Å². The van der Waals surface area contributed by atoms with Crippen molar-refractivity contribution >= 4 is 118 Å². The maximum absolute atomic E-state index is 14.2. The number of carboxylic acids is 3. The molecule has 33 N–H and O–H groups in total. The molecule has 0 saturated carbocycles. The predicted molar refractivity (Wildman–Crippen MR) is 427 cm³/mol. The van der Waals surface area contributed by atoms with E-state index in [4.69, 9.17) is 28.7 Å². The first-order valence-corrected chi connectivity index (χ1v) is 39.3. The number of nitrogens with one attached hydrogen (secondary N) is 15. The normalized spacial score (nSPS) is 15.1. The third kappa shape index (κ3) is 42.0. The van der Waals surface area contributed by atoms with Crippen molar-refractivity contribution in [3.8, 4) is 0 Å². The van der Waals surface area contributed by atoms with Crippen molar-refractivity contribution in [3.05, 3.63) is 35.9 Å². The van der Waals surface area contributed by atoms with Gasteiger partial charge in [0, 0.05) is 12.8 Å². The summed E-state index contributed by atoms with van der Waals surface area (Å²) < 4.78 is 0. The molecule has 1 aromatic rings. The van der Waals surface area contributed by atoms with Crippen molar-refractivity contribution in [2.24, 2.45) is 46.4 Å². The lowest BCUT2D eigenvalue weighted by atomic mass is 9.99. The van der Waals surface area contributed by atoms with Crippen molar-refractivity contribution in [3.63, 3.8) is 0 Å². The molecule has 0 spiro atoms. The molecular formula is C74H122N20O28. The number of carboxylic acid groups (broad SMARTS) is 3. The number of primary amides is 2. The first kappa shape index (κ1) is 108. The van der Waals surface area contributed by atoms with Crippen LogP contribution in [0, 0.1) is 17.8 Å². The van der Waals surface area contributed by atoms with Crippen LogP contribution in [0.4, 0.5) is 0 Å². The highest BCUT2D eigenvalue weighted by Crippen LogP contribution is 2.15. The Morgan fingerprint density at radius 3 is 1.05 bits per heavy atom. The zero-order valence-electron chi connectivity index (χ0n) is 69.0. The van der Waals surface area contributed by atoms with E-state index in [1.165, 1.54) is 0 Å². The average Bonchev–Trinajstić information content (AvgIpc) is 0.846. The number of aliphatic hydroxyl groups is 5. The second-order valence-electron chi connectivity index (χ2n) is 30.0. The summed E-state index contributed by atoms with van der Waals surface area (Å²) in [4.78, 5) is 266. The van der Waals surface area contributed by atoms with Gasteiger partial charge >= 0.3 is 17.9 Å². The number of rotatable bonds is 61. The molecule has 0 saturated heterocycles. The van der Waals surface area contributed by atoms with Gasteiger partial charge < -0.3 is 149 Å². The van der Waals surface area contributed by atoms with Crippen molar-refractivity contribution in [2.75, 3.05) is 46.1 Å².